The summed E-state index contributed by atoms with van der Waals surface area (Å²) in [5.41, 5.74) is 9.92. The van der Waals surface area contributed by atoms with Gasteiger partial charge in [0.25, 0.3) is 11.8 Å². The van der Waals surface area contributed by atoms with Crippen molar-refractivity contribution in [2.24, 2.45) is 5.73 Å². The third-order valence-corrected chi connectivity index (χ3v) is 5.21. The highest BCUT2D eigenvalue weighted by Gasteiger charge is 2.26. The number of rotatable bonds is 4. The molecule has 24 heavy (non-hydrogen) atoms. The van der Waals surface area contributed by atoms with E-state index in [0.717, 1.165) is 23.1 Å². The predicted molar refractivity (Wildman–Crippen MR) is 95.4 cm³/mol. The van der Waals surface area contributed by atoms with E-state index < -0.39 is 12.0 Å². The molecule has 2 amide bonds. The maximum absolute atomic E-state index is 12.3. The first kappa shape index (κ1) is 16.7. The molecule has 0 aliphatic carbocycles. The number of hydrogen-bond donors (Lipinski definition) is 2. The van der Waals surface area contributed by atoms with Crippen LogP contribution in [-0.4, -0.2) is 24.5 Å². The molecule has 0 spiro atoms. The predicted octanol–water partition coefficient (Wildman–Crippen LogP) is 3.25. The van der Waals surface area contributed by atoms with E-state index in [0.29, 0.717) is 23.6 Å². The number of nitrogens with one attached hydrogen (secondary N) is 1. The second-order valence-corrected chi connectivity index (χ2v) is 6.89. The van der Waals surface area contributed by atoms with Gasteiger partial charge in [-0.2, -0.15) is 0 Å². The molecule has 2 aromatic rings. The largest absolute Gasteiger partial charge is 0.368 e. The van der Waals surface area contributed by atoms with Crippen LogP contribution >= 0.6 is 11.3 Å². The molecule has 6 heteroatoms. The summed E-state index contributed by atoms with van der Waals surface area (Å²) in [7, 11) is 0. The van der Waals surface area contributed by atoms with E-state index in [1.807, 2.05) is 37.4 Å². The van der Waals surface area contributed by atoms with E-state index in [2.05, 4.69) is 5.32 Å². The van der Waals surface area contributed by atoms with Crippen LogP contribution in [0.15, 0.2) is 23.6 Å². The highest BCUT2D eigenvalue weighted by molar-refractivity contribution is 7.15. The maximum atomic E-state index is 12.3. The number of amides is 2. The van der Waals surface area contributed by atoms with Crippen molar-refractivity contribution < 1.29 is 14.3 Å². The average Bonchev–Trinajstić information content (AvgIpc) is 3.19. The molecule has 126 valence electrons. The van der Waals surface area contributed by atoms with E-state index in [1.165, 1.54) is 16.9 Å². The number of ether oxygens (including phenoxy) is 1. The Balaban J connectivity index is 1.94. The zero-order chi connectivity index (χ0) is 17.3. The van der Waals surface area contributed by atoms with Crippen LogP contribution < -0.4 is 11.1 Å². The van der Waals surface area contributed by atoms with Gasteiger partial charge in [-0.25, -0.2) is 0 Å². The Morgan fingerprint density at radius 2 is 2.08 bits per heavy atom. The Kier molecular flexibility index (Phi) is 4.69. The normalized spacial score (nSPS) is 17.0. The van der Waals surface area contributed by atoms with Crippen molar-refractivity contribution in [2.75, 3.05) is 11.9 Å². The van der Waals surface area contributed by atoms with Crippen LogP contribution in [0.5, 0.6) is 0 Å². The van der Waals surface area contributed by atoms with Gasteiger partial charge >= 0.3 is 0 Å². The molecule has 5 nitrogen and oxygen atoms in total. The standard InChI is InChI=1S/C18H20N2O3S/c1-10-5-6-12(8-11(10)2)13-9-24-18(15(13)16(19)21)20-17(22)14-4-3-7-23-14/h5-6,8-9,14H,3-4,7H2,1-2H3,(H2,19,21)(H,20,22). The van der Waals surface area contributed by atoms with Gasteiger partial charge < -0.3 is 15.8 Å². The molecule has 0 saturated carbocycles. The van der Waals surface area contributed by atoms with Crippen LogP contribution in [0.3, 0.4) is 0 Å². The summed E-state index contributed by atoms with van der Waals surface area (Å²) in [4.78, 5) is 24.2. The molecule has 1 aliphatic heterocycles. The third kappa shape index (κ3) is 3.20. The fraction of sp³-hybridized carbons (Fsp3) is 0.333. The third-order valence-electron chi connectivity index (χ3n) is 4.31. The van der Waals surface area contributed by atoms with Gasteiger partial charge in [0.05, 0.1) is 5.56 Å². The molecule has 1 fully saturated rings. The minimum Gasteiger partial charge on any atom is -0.368 e. The van der Waals surface area contributed by atoms with E-state index in [4.69, 9.17) is 10.5 Å². The molecule has 1 atom stereocenters. The number of nitrogens with two attached hydrogens (primary N) is 1. The molecule has 1 saturated heterocycles. The van der Waals surface area contributed by atoms with Crippen LogP contribution in [0.2, 0.25) is 0 Å². The van der Waals surface area contributed by atoms with Gasteiger partial charge in [0.1, 0.15) is 11.1 Å². The smallest absolute Gasteiger partial charge is 0.254 e. The highest BCUT2D eigenvalue weighted by Crippen LogP contribution is 2.36. The number of aryl methyl sites for hydroxylation is 2. The first-order valence-electron chi connectivity index (χ1n) is 7.88. The van der Waals surface area contributed by atoms with Crippen molar-refractivity contribution in [1.82, 2.24) is 0 Å². The van der Waals surface area contributed by atoms with Gasteiger partial charge in [0.15, 0.2) is 0 Å². The lowest BCUT2D eigenvalue weighted by molar-refractivity contribution is -0.124. The summed E-state index contributed by atoms with van der Waals surface area (Å²) >= 11 is 1.31. The van der Waals surface area contributed by atoms with Gasteiger partial charge in [0, 0.05) is 17.6 Å². The molecule has 2 heterocycles. The lowest BCUT2D eigenvalue weighted by atomic mass is 9.99. The first-order chi connectivity index (χ1) is 11.5. The van der Waals surface area contributed by atoms with Gasteiger partial charge in [0.2, 0.25) is 0 Å². The monoisotopic (exact) mass is 344 g/mol. The fourth-order valence-electron chi connectivity index (χ4n) is 2.79. The summed E-state index contributed by atoms with van der Waals surface area (Å²) in [6.45, 7) is 4.66. The number of carbonyl (C=O) groups excluding carboxylic acids is 2. The van der Waals surface area contributed by atoms with Crippen molar-refractivity contribution in [3.63, 3.8) is 0 Å². The minimum absolute atomic E-state index is 0.219. The molecule has 1 aromatic heterocycles. The van der Waals surface area contributed by atoms with Crippen molar-refractivity contribution in [2.45, 2.75) is 32.8 Å². The van der Waals surface area contributed by atoms with Crippen LogP contribution in [-0.2, 0) is 9.53 Å². The second kappa shape index (κ2) is 6.75. The zero-order valence-electron chi connectivity index (χ0n) is 13.7. The first-order valence-corrected chi connectivity index (χ1v) is 8.76. The van der Waals surface area contributed by atoms with Gasteiger partial charge in [-0.15, -0.1) is 11.3 Å². The summed E-state index contributed by atoms with van der Waals surface area (Å²) in [6, 6.07) is 6.00. The molecular formula is C18H20N2O3S. The number of anilines is 1. The quantitative estimate of drug-likeness (QED) is 0.893. The molecule has 1 unspecified atom stereocenters. The van der Waals surface area contributed by atoms with Crippen LogP contribution in [0.4, 0.5) is 5.00 Å². The Bertz CT molecular complexity index is 792. The van der Waals surface area contributed by atoms with E-state index in [-0.39, 0.29) is 5.91 Å². The number of thiophene rings is 1. The summed E-state index contributed by atoms with van der Waals surface area (Å²) in [6.07, 6.45) is 1.13. The SMILES string of the molecule is Cc1ccc(-c2csc(NC(=O)C3CCCO3)c2C(N)=O)cc1C. The molecule has 3 N–H and O–H groups in total. The Morgan fingerprint density at radius 3 is 2.71 bits per heavy atom. The summed E-state index contributed by atoms with van der Waals surface area (Å²) in [5.74, 6) is -0.768. The molecule has 1 aromatic carbocycles. The second-order valence-electron chi connectivity index (χ2n) is 6.01. The number of primary amides is 1. The van der Waals surface area contributed by atoms with E-state index in [9.17, 15) is 9.59 Å². The van der Waals surface area contributed by atoms with E-state index >= 15 is 0 Å². The molecule has 0 radical (unpaired) electrons. The van der Waals surface area contributed by atoms with Crippen LogP contribution in [0.1, 0.15) is 34.3 Å². The van der Waals surface area contributed by atoms with Crippen LogP contribution in [0, 0.1) is 13.8 Å². The summed E-state index contributed by atoms with van der Waals surface area (Å²) < 4.78 is 5.38. The van der Waals surface area contributed by atoms with Crippen molar-refractivity contribution in [3.05, 3.63) is 40.3 Å². The highest BCUT2D eigenvalue weighted by atomic mass is 32.1. The summed E-state index contributed by atoms with van der Waals surface area (Å²) in [5, 5.41) is 5.14. The van der Waals surface area contributed by atoms with Crippen LogP contribution in [0.25, 0.3) is 11.1 Å². The Labute approximate surface area is 144 Å². The average molecular weight is 344 g/mol. The molecule has 3 rings (SSSR count). The molecule has 1 aliphatic rings. The molecule has 0 bridgehead atoms. The maximum Gasteiger partial charge on any atom is 0.254 e. The lowest BCUT2D eigenvalue weighted by Gasteiger charge is -2.11. The Hall–Kier alpha value is -2.18. The van der Waals surface area contributed by atoms with E-state index in [1.54, 1.807) is 0 Å². The van der Waals surface area contributed by atoms with Crippen molar-refractivity contribution in [3.8, 4) is 11.1 Å². The zero-order valence-corrected chi connectivity index (χ0v) is 14.5. The van der Waals surface area contributed by atoms with Crippen molar-refractivity contribution in [1.29, 1.82) is 0 Å². The van der Waals surface area contributed by atoms with Gasteiger partial charge in [-0.1, -0.05) is 18.2 Å². The number of benzene rings is 1. The number of carbonyl (C=O) groups is 2. The minimum atomic E-state index is -0.549. The Morgan fingerprint density at radius 1 is 1.29 bits per heavy atom. The fourth-order valence-corrected chi connectivity index (χ4v) is 3.77. The number of hydrogen-bond acceptors (Lipinski definition) is 4. The molecular weight excluding hydrogens is 324 g/mol. The van der Waals surface area contributed by atoms with Gasteiger partial charge in [-0.05, 0) is 43.4 Å². The van der Waals surface area contributed by atoms with Gasteiger partial charge in [-0.3, -0.25) is 9.59 Å². The van der Waals surface area contributed by atoms with Crippen molar-refractivity contribution >= 4 is 28.2 Å². The topological polar surface area (TPSA) is 81.4 Å². The lowest BCUT2D eigenvalue weighted by Crippen LogP contribution is -2.27.